The van der Waals surface area contributed by atoms with Crippen LogP contribution in [0, 0.1) is 5.41 Å². The van der Waals surface area contributed by atoms with Crippen LogP contribution in [0.2, 0.25) is 0 Å². The summed E-state index contributed by atoms with van der Waals surface area (Å²) >= 11 is 0. The Labute approximate surface area is 192 Å². The molecule has 2 amide bonds. The summed E-state index contributed by atoms with van der Waals surface area (Å²) in [6.07, 6.45) is 1.47. The molecule has 1 aromatic rings. The zero-order valence-electron chi connectivity index (χ0n) is 18.2. The van der Waals surface area contributed by atoms with E-state index in [2.05, 4.69) is 34.7 Å². The molecular weight excluding hydrogens is 427 g/mol. The van der Waals surface area contributed by atoms with Crippen LogP contribution in [0.1, 0.15) is 37.0 Å². The van der Waals surface area contributed by atoms with Gasteiger partial charge in [-0.1, -0.05) is 19.9 Å². The minimum Gasteiger partial charge on any atom is -0.384 e. The third kappa shape index (κ3) is 8.04. The van der Waals surface area contributed by atoms with Crippen molar-refractivity contribution < 1.29 is 14.3 Å². The van der Waals surface area contributed by atoms with E-state index in [-0.39, 0.29) is 36.6 Å². The number of amides is 2. The standard InChI is InChI=1S/C21H34N4O3.2ClH/c1-4-25(5-2)14-13-23-19(26)17-7-6-8-18(15-17)24-20(27)21(16-28-3)9-11-22-12-10-21;;/h6-8,15,22H,4-5,9-14,16H2,1-3H3,(H,23,26)(H,24,27);2*1H. The molecule has 9 heteroatoms. The normalized spacial score (nSPS) is 14.9. The number of hydrogen-bond acceptors (Lipinski definition) is 5. The lowest BCUT2D eigenvalue weighted by molar-refractivity contribution is -0.130. The van der Waals surface area contributed by atoms with E-state index in [9.17, 15) is 9.59 Å². The topological polar surface area (TPSA) is 82.7 Å². The van der Waals surface area contributed by atoms with Crippen LogP contribution in [-0.4, -0.2) is 69.7 Å². The van der Waals surface area contributed by atoms with Crippen LogP contribution in [0.25, 0.3) is 0 Å². The third-order valence-corrected chi connectivity index (χ3v) is 5.45. The molecule has 1 saturated heterocycles. The van der Waals surface area contributed by atoms with Crippen LogP contribution in [0.3, 0.4) is 0 Å². The number of rotatable bonds is 10. The molecule has 1 heterocycles. The number of methoxy groups -OCH3 is 1. The summed E-state index contributed by atoms with van der Waals surface area (Å²) in [6, 6.07) is 7.09. The van der Waals surface area contributed by atoms with Gasteiger partial charge in [0, 0.05) is 31.5 Å². The molecule has 0 unspecified atom stereocenters. The second kappa shape index (κ2) is 14.6. The van der Waals surface area contributed by atoms with Crippen molar-refractivity contribution in [3.05, 3.63) is 29.8 Å². The molecule has 1 aliphatic rings. The Morgan fingerprint density at radius 3 is 2.43 bits per heavy atom. The summed E-state index contributed by atoms with van der Waals surface area (Å²) in [7, 11) is 1.63. The minimum atomic E-state index is -0.526. The van der Waals surface area contributed by atoms with Crippen molar-refractivity contribution in [2.24, 2.45) is 5.41 Å². The highest BCUT2D eigenvalue weighted by atomic mass is 35.5. The predicted molar refractivity (Wildman–Crippen MR) is 126 cm³/mol. The average molecular weight is 463 g/mol. The molecule has 0 aliphatic carbocycles. The van der Waals surface area contributed by atoms with E-state index in [0.717, 1.165) is 45.6 Å². The number of nitrogens with one attached hydrogen (secondary N) is 3. The molecule has 0 radical (unpaired) electrons. The Kier molecular flexibility index (Phi) is 13.9. The quantitative estimate of drug-likeness (QED) is 0.497. The minimum absolute atomic E-state index is 0. The van der Waals surface area contributed by atoms with Crippen LogP contribution in [0.15, 0.2) is 24.3 Å². The van der Waals surface area contributed by atoms with Gasteiger partial charge in [-0.05, 0) is 57.2 Å². The van der Waals surface area contributed by atoms with Crippen LogP contribution in [-0.2, 0) is 9.53 Å². The zero-order valence-corrected chi connectivity index (χ0v) is 19.8. The summed E-state index contributed by atoms with van der Waals surface area (Å²) < 4.78 is 5.33. The van der Waals surface area contributed by atoms with Crippen molar-refractivity contribution in [1.82, 2.24) is 15.5 Å². The Morgan fingerprint density at radius 2 is 1.83 bits per heavy atom. The lowest BCUT2D eigenvalue weighted by atomic mass is 9.78. The fourth-order valence-electron chi connectivity index (χ4n) is 3.59. The number of carbonyl (C=O) groups is 2. The number of hydrogen-bond donors (Lipinski definition) is 3. The van der Waals surface area contributed by atoms with Gasteiger partial charge in [0.05, 0.1) is 12.0 Å². The lowest BCUT2D eigenvalue weighted by Gasteiger charge is -2.35. The van der Waals surface area contributed by atoms with E-state index in [1.165, 1.54) is 0 Å². The molecular formula is C21H36Cl2N4O3. The van der Waals surface area contributed by atoms with E-state index in [0.29, 0.717) is 24.4 Å². The first-order valence-corrected chi connectivity index (χ1v) is 10.2. The number of halogens is 2. The maximum Gasteiger partial charge on any atom is 0.251 e. The molecule has 0 aromatic heterocycles. The number of likely N-dealkylation sites (N-methyl/N-ethyl adjacent to an activating group) is 1. The second-order valence-corrected chi connectivity index (χ2v) is 7.28. The highest BCUT2D eigenvalue weighted by Crippen LogP contribution is 2.31. The summed E-state index contributed by atoms with van der Waals surface area (Å²) in [6.45, 7) is 9.55. The van der Waals surface area contributed by atoms with Crippen molar-refractivity contribution >= 4 is 42.3 Å². The van der Waals surface area contributed by atoms with Crippen molar-refractivity contribution in [3.8, 4) is 0 Å². The van der Waals surface area contributed by atoms with Gasteiger partial charge in [0.15, 0.2) is 0 Å². The van der Waals surface area contributed by atoms with E-state index in [1.54, 1.807) is 25.3 Å². The van der Waals surface area contributed by atoms with Crippen LogP contribution in [0.5, 0.6) is 0 Å². The maximum atomic E-state index is 12.9. The van der Waals surface area contributed by atoms with Gasteiger partial charge in [0.25, 0.3) is 5.91 Å². The number of benzene rings is 1. The summed E-state index contributed by atoms with van der Waals surface area (Å²) in [5.41, 5.74) is 0.654. The van der Waals surface area contributed by atoms with E-state index in [4.69, 9.17) is 4.74 Å². The lowest BCUT2D eigenvalue weighted by Crippen LogP contribution is -2.47. The van der Waals surface area contributed by atoms with Gasteiger partial charge in [-0.2, -0.15) is 0 Å². The van der Waals surface area contributed by atoms with Gasteiger partial charge in [0.2, 0.25) is 5.91 Å². The Bertz CT molecular complexity index is 645. The van der Waals surface area contributed by atoms with Crippen molar-refractivity contribution in [1.29, 1.82) is 0 Å². The van der Waals surface area contributed by atoms with E-state index < -0.39 is 5.41 Å². The van der Waals surface area contributed by atoms with Gasteiger partial charge >= 0.3 is 0 Å². The molecule has 1 fully saturated rings. The van der Waals surface area contributed by atoms with Crippen molar-refractivity contribution in [2.75, 3.05) is 58.3 Å². The number of ether oxygens (including phenoxy) is 1. The number of anilines is 1. The molecule has 0 atom stereocenters. The van der Waals surface area contributed by atoms with E-state index >= 15 is 0 Å². The molecule has 172 valence electrons. The van der Waals surface area contributed by atoms with Gasteiger partial charge in [-0.3, -0.25) is 9.59 Å². The molecule has 0 bridgehead atoms. The molecule has 7 nitrogen and oxygen atoms in total. The Morgan fingerprint density at radius 1 is 1.17 bits per heavy atom. The molecule has 1 aromatic carbocycles. The summed E-state index contributed by atoms with van der Waals surface area (Å²) in [4.78, 5) is 27.6. The molecule has 1 aliphatic heterocycles. The predicted octanol–water partition coefficient (Wildman–Crippen LogP) is 2.56. The smallest absolute Gasteiger partial charge is 0.251 e. The van der Waals surface area contributed by atoms with E-state index in [1.807, 2.05) is 6.07 Å². The number of piperidine rings is 1. The second-order valence-electron chi connectivity index (χ2n) is 7.28. The zero-order chi connectivity index (χ0) is 20.4. The molecule has 0 saturated carbocycles. The van der Waals surface area contributed by atoms with Crippen molar-refractivity contribution in [2.45, 2.75) is 26.7 Å². The third-order valence-electron chi connectivity index (χ3n) is 5.45. The number of nitrogens with zero attached hydrogens (tertiary/aromatic N) is 1. The highest BCUT2D eigenvalue weighted by Gasteiger charge is 2.39. The average Bonchev–Trinajstić information content (AvgIpc) is 2.72. The summed E-state index contributed by atoms with van der Waals surface area (Å²) in [5, 5.41) is 9.22. The first-order chi connectivity index (χ1) is 13.5. The maximum absolute atomic E-state index is 12.9. The van der Waals surface area contributed by atoms with Gasteiger partial charge in [-0.15, -0.1) is 24.8 Å². The molecule has 3 N–H and O–H groups in total. The molecule has 2 rings (SSSR count). The number of carbonyl (C=O) groups excluding carboxylic acids is 2. The monoisotopic (exact) mass is 462 g/mol. The van der Waals surface area contributed by atoms with Crippen molar-refractivity contribution in [3.63, 3.8) is 0 Å². The van der Waals surface area contributed by atoms with Gasteiger partial charge < -0.3 is 25.6 Å². The first-order valence-electron chi connectivity index (χ1n) is 10.2. The fourth-order valence-corrected chi connectivity index (χ4v) is 3.59. The molecule has 30 heavy (non-hydrogen) atoms. The van der Waals surface area contributed by atoms with Gasteiger partial charge in [-0.25, -0.2) is 0 Å². The van der Waals surface area contributed by atoms with Crippen LogP contribution < -0.4 is 16.0 Å². The first kappa shape index (κ1) is 28.6. The molecule has 0 spiro atoms. The Hall–Kier alpha value is -1.38. The Balaban J connectivity index is 0.00000420. The fraction of sp³-hybridized carbons (Fsp3) is 0.619. The van der Waals surface area contributed by atoms with Gasteiger partial charge in [0.1, 0.15) is 0 Å². The largest absolute Gasteiger partial charge is 0.384 e. The SMILES string of the molecule is CCN(CC)CCNC(=O)c1cccc(NC(=O)C2(COC)CCNCC2)c1.Cl.Cl. The van der Waals surface area contributed by atoms with Crippen LogP contribution >= 0.6 is 24.8 Å². The van der Waals surface area contributed by atoms with Crippen LogP contribution in [0.4, 0.5) is 5.69 Å². The highest BCUT2D eigenvalue weighted by molar-refractivity contribution is 5.98. The summed E-state index contributed by atoms with van der Waals surface area (Å²) in [5.74, 6) is -0.174.